The van der Waals surface area contributed by atoms with Crippen molar-refractivity contribution in [2.75, 3.05) is 0 Å². The number of carbonyl (C=O) groups excluding carboxylic acids is 1. The summed E-state index contributed by atoms with van der Waals surface area (Å²) < 4.78 is 88.3. The van der Waals surface area contributed by atoms with Crippen LogP contribution >= 0.6 is 11.3 Å². The Bertz CT molecular complexity index is 1330. The number of thiophene rings is 1. The fraction of sp³-hybridized carbons (Fsp3) is 0.174. The van der Waals surface area contributed by atoms with Crippen LogP contribution in [0.1, 0.15) is 20.8 Å². The molecule has 1 aromatic heterocycles. The van der Waals surface area contributed by atoms with Gasteiger partial charge in [0, 0.05) is 33.0 Å². The smallest absolute Gasteiger partial charge is 0.289 e. The van der Waals surface area contributed by atoms with Crippen molar-refractivity contribution >= 4 is 28.4 Å². The Balaban J connectivity index is 1.96. The van der Waals surface area contributed by atoms with E-state index in [1.54, 1.807) is 30.3 Å². The van der Waals surface area contributed by atoms with Crippen molar-refractivity contribution in [2.45, 2.75) is 24.7 Å². The quantitative estimate of drug-likeness (QED) is 0.162. The first-order valence-electron chi connectivity index (χ1n) is 9.64. The number of nitro groups is 1. The van der Waals surface area contributed by atoms with E-state index in [4.69, 9.17) is 0 Å². The molecule has 0 bridgehead atoms. The van der Waals surface area contributed by atoms with Crippen LogP contribution in [0.3, 0.4) is 0 Å². The van der Waals surface area contributed by atoms with Gasteiger partial charge >= 0.3 is 17.8 Å². The number of non-ortho nitro benzene ring substituents is 1. The molecular weight excluding hydrogens is 484 g/mol. The largest absolute Gasteiger partial charge is 0.380 e. The van der Waals surface area contributed by atoms with Gasteiger partial charge in [-0.15, -0.1) is 11.3 Å². The molecule has 34 heavy (non-hydrogen) atoms. The van der Waals surface area contributed by atoms with Gasteiger partial charge in [-0.3, -0.25) is 14.9 Å². The van der Waals surface area contributed by atoms with Gasteiger partial charge < -0.3 is 0 Å². The number of hydrogen-bond donors (Lipinski definition) is 0. The highest BCUT2D eigenvalue weighted by atomic mass is 32.1. The number of Topliss-reactive ketones (excluding diaryl/α,β-unsaturated/α-hetero) is 1. The van der Waals surface area contributed by atoms with Crippen LogP contribution in [0.4, 0.5) is 32.0 Å². The van der Waals surface area contributed by atoms with Crippen molar-refractivity contribution in [2.24, 2.45) is 0 Å². The van der Waals surface area contributed by atoms with Crippen LogP contribution in [0.25, 0.3) is 16.0 Å². The molecular formula is C23H13F6NO3S. The molecule has 11 heteroatoms. The van der Waals surface area contributed by atoms with Crippen LogP contribution in [0, 0.1) is 17.0 Å². The molecule has 4 rings (SSSR count). The average molecular weight is 497 g/mol. The van der Waals surface area contributed by atoms with E-state index in [0.29, 0.717) is 10.4 Å². The Kier molecular flexibility index (Phi) is 5.43. The number of nitrogens with zero attached hydrogens (tertiary/aromatic N) is 1. The number of ketones is 1. The third-order valence-corrected chi connectivity index (χ3v) is 6.58. The molecule has 0 saturated heterocycles. The van der Waals surface area contributed by atoms with Crippen LogP contribution < -0.4 is 0 Å². The SMILES string of the molecule is Cc1sc(-c2ccccc2)cc1C1=C(C(=O)c2ccc([N+](=O)[O-])cc2)C(F)(F)C(F)(F)C1(F)F. The molecule has 0 unspecified atom stereocenters. The van der Waals surface area contributed by atoms with Crippen molar-refractivity contribution in [3.8, 4) is 10.4 Å². The van der Waals surface area contributed by atoms with Crippen molar-refractivity contribution in [3.63, 3.8) is 0 Å². The molecule has 0 saturated carbocycles. The van der Waals surface area contributed by atoms with Crippen LogP contribution in [-0.4, -0.2) is 28.5 Å². The van der Waals surface area contributed by atoms with Crippen molar-refractivity contribution in [3.05, 3.63) is 92.4 Å². The van der Waals surface area contributed by atoms with E-state index in [9.17, 15) is 41.3 Å². The van der Waals surface area contributed by atoms with E-state index >= 15 is 0 Å². The highest BCUT2D eigenvalue weighted by Crippen LogP contribution is 2.63. The third-order valence-electron chi connectivity index (χ3n) is 5.48. The number of rotatable bonds is 5. The molecule has 0 spiro atoms. The maximum atomic E-state index is 14.9. The lowest BCUT2D eigenvalue weighted by Gasteiger charge is -2.25. The molecule has 2 aromatic carbocycles. The van der Waals surface area contributed by atoms with E-state index in [1.165, 1.54) is 6.92 Å². The summed E-state index contributed by atoms with van der Waals surface area (Å²) in [5.74, 6) is -18.5. The molecule has 0 amide bonds. The topological polar surface area (TPSA) is 60.2 Å². The predicted molar refractivity (Wildman–Crippen MR) is 114 cm³/mol. The van der Waals surface area contributed by atoms with Crippen LogP contribution in [-0.2, 0) is 0 Å². The molecule has 1 aliphatic rings. The van der Waals surface area contributed by atoms with E-state index in [0.717, 1.165) is 41.7 Å². The summed E-state index contributed by atoms with van der Waals surface area (Å²) in [6.07, 6.45) is 0. The lowest BCUT2D eigenvalue weighted by atomic mass is 9.94. The van der Waals surface area contributed by atoms with Crippen molar-refractivity contribution in [1.29, 1.82) is 0 Å². The number of halogens is 6. The Hall–Kier alpha value is -3.47. The Morgan fingerprint density at radius 1 is 0.912 bits per heavy atom. The number of carbonyl (C=O) groups is 1. The fourth-order valence-corrected chi connectivity index (χ4v) is 4.77. The molecule has 3 aromatic rings. The summed E-state index contributed by atoms with van der Waals surface area (Å²) in [4.78, 5) is 23.3. The van der Waals surface area contributed by atoms with Crippen LogP contribution in [0.2, 0.25) is 0 Å². The summed E-state index contributed by atoms with van der Waals surface area (Å²) in [5, 5.41) is 10.8. The second kappa shape index (κ2) is 7.79. The molecule has 0 radical (unpaired) electrons. The molecule has 0 N–H and O–H groups in total. The summed E-state index contributed by atoms with van der Waals surface area (Å²) >= 11 is 0.926. The van der Waals surface area contributed by atoms with Crippen LogP contribution in [0.5, 0.6) is 0 Å². The van der Waals surface area contributed by atoms with Gasteiger partial charge in [0.15, 0.2) is 5.78 Å². The minimum absolute atomic E-state index is 0.0380. The summed E-state index contributed by atoms with van der Waals surface area (Å²) in [6, 6.07) is 12.4. The molecule has 1 heterocycles. The Morgan fingerprint density at radius 3 is 2.06 bits per heavy atom. The summed E-state index contributed by atoms with van der Waals surface area (Å²) in [5.41, 5.74) is -4.98. The average Bonchev–Trinajstić information content (AvgIpc) is 3.21. The summed E-state index contributed by atoms with van der Waals surface area (Å²) in [7, 11) is 0. The van der Waals surface area contributed by atoms with Crippen molar-refractivity contribution in [1.82, 2.24) is 0 Å². The number of alkyl halides is 6. The fourth-order valence-electron chi connectivity index (χ4n) is 3.74. The standard InChI is InChI=1S/C23H13F6NO3S/c1-12-16(11-17(34-12)13-5-3-2-4-6-13)18-19(22(26,27)23(28,29)21(18,24)25)20(31)14-7-9-15(10-8-14)30(32)33/h2-11H,1H3. The minimum atomic E-state index is -5.87. The molecule has 4 nitrogen and oxygen atoms in total. The second-order valence-corrected chi connectivity index (χ2v) is 8.81. The maximum absolute atomic E-state index is 14.9. The van der Waals surface area contributed by atoms with Crippen LogP contribution in [0.15, 0.2) is 66.2 Å². The second-order valence-electron chi connectivity index (χ2n) is 7.55. The number of nitro benzene ring substituents is 1. The zero-order valence-corrected chi connectivity index (χ0v) is 17.9. The molecule has 0 fully saturated rings. The lowest BCUT2D eigenvalue weighted by molar-refractivity contribution is -0.384. The van der Waals surface area contributed by atoms with Crippen molar-refractivity contribution < 1.29 is 36.1 Å². The van der Waals surface area contributed by atoms with Gasteiger partial charge in [0.25, 0.3) is 5.69 Å². The van der Waals surface area contributed by atoms with E-state index in [-0.39, 0.29) is 4.88 Å². The van der Waals surface area contributed by atoms with E-state index in [1.807, 2.05) is 0 Å². The zero-order chi connectivity index (χ0) is 25.1. The van der Waals surface area contributed by atoms with E-state index < -0.39 is 56.4 Å². The minimum Gasteiger partial charge on any atom is -0.289 e. The first kappa shape index (κ1) is 23.7. The highest BCUT2D eigenvalue weighted by molar-refractivity contribution is 7.15. The highest BCUT2D eigenvalue weighted by Gasteiger charge is 2.81. The third kappa shape index (κ3) is 3.33. The first-order valence-corrected chi connectivity index (χ1v) is 10.5. The van der Waals surface area contributed by atoms with Gasteiger partial charge in [-0.25, -0.2) is 0 Å². The number of hydrogen-bond acceptors (Lipinski definition) is 4. The number of allylic oxidation sites excluding steroid dienone is 2. The molecule has 1 aliphatic carbocycles. The maximum Gasteiger partial charge on any atom is 0.380 e. The Labute approximate surface area is 192 Å². The first-order chi connectivity index (χ1) is 15.8. The van der Waals surface area contributed by atoms with Gasteiger partial charge in [-0.1, -0.05) is 30.3 Å². The Morgan fingerprint density at radius 2 is 1.50 bits per heavy atom. The normalized spacial score (nSPS) is 18.2. The number of benzene rings is 2. The van der Waals surface area contributed by atoms with Gasteiger partial charge in [-0.05, 0) is 36.2 Å². The zero-order valence-electron chi connectivity index (χ0n) is 17.1. The predicted octanol–water partition coefficient (Wildman–Crippen LogP) is 7.19. The number of aryl methyl sites for hydroxylation is 1. The van der Waals surface area contributed by atoms with Gasteiger partial charge in [-0.2, -0.15) is 26.3 Å². The summed E-state index contributed by atoms with van der Waals surface area (Å²) in [6.45, 7) is 1.30. The molecule has 0 aliphatic heterocycles. The van der Waals surface area contributed by atoms with E-state index in [2.05, 4.69) is 0 Å². The van der Waals surface area contributed by atoms with Gasteiger partial charge in [0.05, 0.1) is 10.5 Å². The van der Waals surface area contributed by atoms with Gasteiger partial charge in [0.1, 0.15) is 0 Å². The van der Waals surface area contributed by atoms with Gasteiger partial charge in [0.2, 0.25) is 0 Å². The molecule has 176 valence electrons. The molecule has 0 atom stereocenters. The lowest BCUT2D eigenvalue weighted by Crippen LogP contribution is -2.49. The monoisotopic (exact) mass is 497 g/mol.